The molecule has 1 unspecified atom stereocenters. The molecule has 0 bridgehead atoms. The van der Waals surface area contributed by atoms with E-state index >= 15 is 0 Å². The molecular formula is C7H11IN2O2. The number of ether oxygens (including phenoxy) is 1. The maximum Gasteiger partial charge on any atom is 0.246 e. The van der Waals surface area contributed by atoms with E-state index in [0.29, 0.717) is 12.3 Å². The van der Waals surface area contributed by atoms with Gasteiger partial charge >= 0.3 is 0 Å². The van der Waals surface area contributed by atoms with Crippen molar-refractivity contribution in [2.24, 2.45) is 0 Å². The SMILES string of the molecule is CCC(O)n1cc(I)c(OC)n1. The molecule has 4 nitrogen and oxygen atoms in total. The monoisotopic (exact) mass is 282 g/mol. The Morgan fingerprint density at radius 3 is 2.92 bits per heavy atom. The van der Waals surface area contributed by atoms with Crippen molar-refractivity contribution in [2.75, 3.05) is 7.11 Å². The van der Waals surface area contributed by atoms with Crippen LogP contribution in [0, 0.1) is 3.57 Å². The number of nitrogens with zero attached hydrogens (tertiary/aromatic N) is 2. The van der Waals surface area contributed by atoms with E-state index in [1.165, 1.54) is 4.68 Å². The Kier molecular flexibility index (Phi) is 3.33. The number of halogens is 1. The Balaban J connectivity index is 2.88. The van der Waals surface area contributed by atoms with Gasteiger partial charge in [0.25, 0.3) is 0 Å². The van der Waals surface area contributed by atoms with Crippen LogP contribution in [0.4, 0.5) is 0 Å². The Morgan fingerprint density at radius 2 is 2.50 bits per heavy atom. The van der Waals surface area contributed by atoms with Gasteiger partial charge in [-0.3, -0.25) is 0 Å². The molecule has 0 amide bonds. The normalized spacial score (nSPS) is 13.0. The fraction of sp³-hybridized carbons (Fsp3) is 0.571. The summed E-state index contributed by atoms with van der Waals surface area (Å²) in [5, 5.41) is 13.4. The van der Waals surface area contributed by atoms with Crippen molar-refractivity contribution >= 4 is 22.6 Å². The Morgan fingerprint density at radius 1 is 1.83 bits per heavy atom. The standard InChI is InChI=1S/C7H11IN2O2/c1-3-6(11)10-4-5(8)7(9-10)12-2/h4,6,11H,3H2,1-2H3. The highest BCUT2D eigenvalue weighted by atomic mass is 127. The minimum absolute atomic E-state index is 0.553. The number of methoxy groups -OCH3 is 1. The molecule has 0 aliphatic carbocycles. The second-order valence-electron chi connectivity index (χ2n) is 2.36. The van der Waals surface area contributed by atoms with Gasteiger partial charge in [-0.05, 0) is 29.0 Å². The summed E-state index contributed by atoms with van der Waals surface area (Å²) in [6, 6.07) is 0. The Bertz CT molecular complexity index is 262. The Hall–Kier alpha value is -0.300. The van der Waals surface area contributed by atoms with Gasteiger partial charge in [-0.15, -0.1) is 5.10 Å². The van der Waals surface area contributed by atoms with Crippen LogP contribution in [-0.2, 0) is 0 Å². The molecule has 5 heteroatoms. The lowest BCUT2D eigenvalue weighted by atomic mass is 10.4. The predicted molar refractivity (Wildman–Crippen MR) is 53.0 cm³/mol. The average molecular weight is 282 g/mol. The molecule has 1 rings (SSSR count). The quantitative estimate of drug-likeness (QED) is 0.852. The van der Waals surface area contributed by atoms with Crippen molar-refractivity contribution in [3.05, 3.63) is 9.77 Å². The van der Waals surface area contributed by atoms with Gasteiger partial charge in [0.2, 0.25) is 5.88 Å². The third-order valence-electron chi connectivity index (χ3n) is 1.52. The van der Waals surface area contributed by atoms with Crippen molar-refractivity contribution in [3.63, 3.8) is 0 Å². The van der Waals surface area contributed by atoms with Crippen molar-refractivity contribution in [2.45, 2.75) is 19.6 Å². The molecule has 0 radical (unpaired) electrons. The van der Waals surface area contributed by atoms with E-state index in [-0.39, 0.29) is 0 Å². The lowest BCUT2D eigenvalue weighted by Crippen LogP contribution is -2.07. The molecule has 1 aromatic heterocycles. The van der Waals surface area contributed by atoms with Crippen molar-refractivity contribution in [3.8, 4) is 5.88 Å². The molecular weight excluding hydrogens is 271 g/mol. The van der Waals surface area contributed by atoms with Gasteiger partial charge in [-0.2, -0.15) is 0 Å². The zero-order valence-electron chi connectivity index (χ0n) is 6.99. The lowest BCUT2D eigenvalue weighted by Gasteiger charge is -2.06. The smallest absolute Gasteiger partial charge is 0.246 e. The van der Waals surface area contributed by atoms with E-state index < -0.39 is 6.23 Å². The van der Waals surface area contributed by atoms with E-state index in [2.05, 4.69) is 27.7 Å². The molecule has 12 heavy (non-hydrogen) atoms. The number of rotatable bonds is 3. The molecule has 0 saturated carbocycles. The van der Waals surface area contributed by atoms with Gasteiger partial charge in [0, 0.05) is 6.20 Å². The number of hydrogen-bond acceptors (Lipinski definition) is 3. The zero-order valence-corrected chi connectivity index (χ0v) is 9.15. The summed E-state index contributed by atoms with van der Waals surface area (Å²) in [6.45, 7) is 1.89. The summed E-state index contributed by atoms with van der Waals surface area (Å²) in [4.78, 5) is 0. The molecule has 68 valence electrons. The molecule has 1 heterocycles. The topological polar surface area (TPSA) is 47.3 Å². The van der Waals surface area contributed by atoms with Crippen LogP contribution in [0.1, 0.15) is 19.6 Å². The van der Waals surface area contributed by atoms with Crippen molar-refractivity contribution in [1.82, 2.24) is 9.78 Å². The minimum atomic E-state index is -0.553. The number of aliphatic hydroxyl groups is 1. The fourth-order valence-corrected chi connectivity index (χ4v) is 1.44. The van der Waals surface area contributed by atoms with Crippen LogP contribution >= 0.6 is 22.6 Å². The van der Waals surface area contributed by atoms with E-state index in [0.717, 1.165) is 3.57 Å². The van der Waals surface area contributed by atoms with Crippen molar-refractivity contribution in [1.29, 1.82) is 0 Å². The van der Waals surface area contributed by atoms with Crippen LogP contribution in [-0.4, -0.2) is 22.0 Å². The van der Waals surface area contributed by atoms with Crippen LogP contribution < -0.4 is 4.74 Å². The molecule has 1 N–H and O–H groups in total. The number of aromatic nitrogens is 2. The first kappa shape index (κ1) is 9.79. The zero-order chi connectivity index (χ0) is 9.14. The number of aliphatic hydroxyl groups excluding tert-OH is 1. The Labute approximate surface area is 84.7 Å². The van der Waals surface area contributed by atoms with Crippen molar-refractivity contribution < 1.29 is 9.84 Å². The highest BCUT2D eigenvalue weighted by molar-refractivity contribution is 14.1. The van der Waals surface area contributed by atoms with Gasteiger partial charge in [-0.1, -0.05) is 6.92 Å². The van der Waals surface area contributed by atoms with Gasteiger partial charge < -0.3 is 9.84 Å². The van der Waals surface area contributed by atoms with Crippen LogP contribution in [0.15, 0.2) is 6.20 Å². The molecule has 0 aromatic carbocycles. The summed E-state index contributed by atoms with van der Waals surface area (Å²) in [6.07, 6.45) is 1.84. The molecule has 0 aliphatic heterocycles. The minimum Gasteiger partial charge on any atom is -0.479 e. The summed E-state index contributed by atoms with van der Waals surface area (Å²) >= 11 is 2.11. The van der Waals surface area contributed by atoms with Crippen LogP contribution in [0.2, 0.25) is 0 Å². The first-order valence-corrected chi connectivity index (χ1v) is 4.73. The lowest BCUT2D eigenvalue weighted by molar-refractivity contribution is 0.0853. The maximum absolute atomic E-state index is 9.40. The third kappa shape index (κ3) is 1.89. The third-order valence-corrected chi connectivity index (χ3v) is 2.26. The van der Waals surface area contributed by atoms with E-state index in [4.69, 9.17) is 4.74 Å². The van der Waals surface area contributed by atoms with Gasteiger partial charge in [0.05, 0.1) is 10.7 Å². The van der Waals surface area contributed by atoms with Crippen LogP contribution in [0.5, 0.6) is 5.88 Å². The number of hydrogen-bond donors (Lipinski definition) is 1. The molecule has 1 aromatic rings. The van der Waals surface area contributed by atoms with E-state index in [1.54, 1.807) is 13.3 Å². The van der Waals surface area contributed by atoms with Gasteiger partial charge in [0.1, 0.15) is 6.23 Å². The van der Waals surface area contributed by atoms with E-state index in [9.17, 15) is 5.11 Å². The summed E-state index contributed by atoms with van der Waals surface area (Å²) in [7, 11) is 1.56. The second kappa shape index (κ2) is 4.08. The second-order valence-corrected chi connectivity index (χ2v) is 3.52. The molecule has 0 saturated heterocycles. The fourth-order valence-electron chi connectivity index (χ4n) is 0.831. The summed E-state index contributed by atoms with van der Waals surface area (Å²) in [5.41, 5.74) is 0. The van der Waals surface area contributed by atoms with Gasteiger partial charge in [-0.25, -0.2) is 4.68 Å². The van der Waals surface area contributed by atoms with E-state index in [1.807, 2.05) is 6.92 Å². The van der Waals surface area contributed by atoms with Crippen LogP contribution in [0.25, 0.3) is 0 Å². The molecule has 0 spiro atoms. The van der Waals surface area contributed by atoms with Crippen LogP contribution in [0.3, 0.4) is 0 Å². The molecule has 0 aliphatic rings. The first-order chi connectivity index (χ1) is 5.69. The maximum atomic E-state index is 9.40. The predicted octanol–water partition coefficient (Wildman–Crippen LogP) is 1.40. The molecule has 1 atom stereocenters. The molecule has 0 fully saturated rings. The highest BCUT2D eigenvalue weighted by Gasteiger charge is 2.10. The average Bonchev–Trinajstić information content (AvgIpc) is 2.45. The summed E-state index contributed by atoms with van der Waals surface area (Å²) < 4.78 is 7.38. The highest BCUT2D eigenvalue weighted by Crippen LogP contribution is 2.19. The largest absolute Gasteiger partial charge is 0.479 e. The first-order valence-electron chi connectivity index (χ1n) is 3.65. The van der Waals surface area contributed by atoms with Gasteiger partial charge in [0.15, 0.2) is 0 Å². The summed E-state index contributed by atoms with van der Waals surface area (Å²) in [5.74, 6) is 0.558.